The third-order valence-corrected chi connectivity index (χ3v) is 4.63. The van der Waals surface area contributed by atoms with Gasteiger partial charge in [0.2, 0.25) is 0 Å². The predicted octanol–water partition coefficient (Wildman–Crippen LogP) is 3.53. The van der Waals surface area contributed by atoms with Gasteiger partial charge in [-0.15, -0.1) is 0 Å². The van der Waals surface area contributed by atoms with Crippen LogP contribution < -0.4 is 0 Å². The van der Waals surface area contributed by atoms with Crippen molar-refractivity contribution in [2.24, 2.45) is 5.92 Å². The van der Waals surface area contributed by atoms with Crippen LogP contribution >= 0.6 is 0 Å². The predicted molar refractivity (Wildman–Crippen MR) is 84.2 cm³/mol. The van der Waals surface area contributed by atoms with Crippen LogP contribution in [0, 0.1) is 19.8 Å². The molecule has 0 spiro atoms. The number of nitrogens with zero attached hydrogens (tertiary/aromatic N) is 1. The van der Waals surface area contributed by atoms with Gasteiger partial charge >= 0.3 is 12.1 Å². The van der Waals surface area contributed by atoms with Gasteiger partial charge in [0.25, 0.3) is 0 Å². The fraction of sp³-hybridized carbons (Fsp3) is 0.706. The number of aliphatic carboxylic acids is 1. The Morgan fingerprint density at radius 1 is 1.40 bits per heavy atom. The van der Waals surface area contributed by atoms with Crippen molar-refractivity contribution in [1.29, 1.82) is 0 Å². The standard InChI is InChI=1S/C15H23NO2.C2HF3O2/c1-10-6-14(18-12(10)3)9-16-5-4-15-13(8-16)7-11(2)17-15;3-2(4,5)1(6)7/h6,11,13,15H,4-5,7-9H2,1-3H3;(H,6,7)/t11-,13-,15-;/m0./s1. The molecule has 0 aliphatic carbocycles. The quantitative estimate of drug-likeness (QED) is 0.871. The molecule has 0 unspecified atom stereocenters. The van der Waals surface area contributed by atoms with Crippen LogP contribution in [0.2, 0.25) is 0 Å². The lowest BCUT2D eigenvalue weighted by Gasteiger charge is -2.33. The van der Waals surface area contributed by atoms with E-state index in [1.165, 1.54) is 18.4 Å². The molecule has 0 aromatic carbocycles. The van der Waals surface area contributed by atoms with Crippen molar-refractivity contribution < 1.29 is 32.2 Å². The molecule has 3 rings (SSSR count). The van der Waals surface area contributed by atoms with Gasteiger partial charge in [0.05, 0.1) is 18.8 Å². The van der Waals surface area contributed by atoms with E-state index < -0.39 is 12.1 Å². The fourth-order valence-corrected chi connectivity index (χ4v) is 3.36. The van der Waals surface area contributed by atoms with Crippen molar-refractivity contribution in [3.63, 3.8) is 0 Å². The molecule has 0 saturated carbocycles. The van der Waals surface area contributed by atoms with Crippen molar-refractivity contribution >= 4 is 5.97 Å². The molecule has 2 fully saturated rings. The Morgan fingerprint density at radius 2 is 2.04 bits per heavy atom. The third kappa shape index (κ3) is 5.47. The van der Waals surface area contributed by atoms with Gasteiger partial charge < -0.3 is 14.3 Å². The van der Waals surface area contributed by atoms with E-state index in [9.17, 15) is 13.2 Å². The smallest absolute Gasteiger partial charge is 0.475 e. The molecular weight excluding hydrogens is 339 g/mol. The van der Waals surface area contributed by atoms with Crippen molar-refractivity contribution in [3.05, 3.63) is 23.2 Å². The molecule has 1 aromatic heterocycles. The van der Waals surface area contributed by atoms with E-state index in [1.807, 2.05) is 6.92 Å². The summed E-state index contributed by atoms with van der Waals surface area (Å²) in [6.07, 6.45) is -1.73. The number of piperidine rings is 1. The monoisotopic (exact) mass is 363 g/mol. The molecule has 1 N–H and O–H groups in total. The molecule has 2 aliphatic rings. The molecule has 1 aromatic rings. The molecule has 142 valence electrons. The summed E-state index contributed by atoms with van der Waals surface area (Å²) in [5.74, 6) is 0.131. The molecule has 5 nitrogen and oxygen atoms in total. The number of carboxylic acid groups (broad SMARTS) is 1. The first-order valence-corrected chi connectivity index (χ1v) is 8.30. The van der Waals surface area contributed by atoms with E-state index >= 15 is 0 Å². The Bertz CT molecular complexity index is 580. The largest absolute Gasteiger partial charge is 0.490 e. The summed E-state index contributed by atoms with van der Waals surface area (Å²) in [6, 6.07) is 2.18. The van der Waals surface area contributed by atoms with Gasteiger partial charge in [-0.25, -0.2) is 4.79 Å². The summed E-state index contributed by atoms with van der Waals surface area (Å²) in [7, 11) is 0. The molecule has 3 atom stereocenters. The maximum atomic E-state index is 10.6. The highest BCUT2D eigenvalue weighted by Gasteiger charge is 2.38. The van der Waals surface area contributed by atoms with Gasteiger partial charge in [0, 0.05) is 19.0 Å². The number of aryl methyl sites for hydroxylation is 2. The van der Waals surface area contributed by atoms with E-state index in [0.29, 0.717) is 12.2 Å². The number of alkyl halides is 3. The van der Waals surface area contributed by atoms with E-state index in [-0.39, 0.29) is 0 Å². The van der Waals surface area contributed by atoms with Gasteiger partial charge in [-0.2, -0.15) is 13.2 Å². The maximum absolute atomic E-state index is 10.6. The van der Waals surface area contributed by atoms with Crippen LogP contribution in [0.15, 0.2) is 10.5 Å². The highest BCUT2D eigenvalue weighted by molar-refractivity contribution is 5.73. The van der Waals surface area contributed by atoms with Crippen LogP contribution in [-0.2, 0) is 16.1 Å². The number of hydrogen-bond acceptors (Lipinski definition) is 4. The first-order valence-electron chi connectivity index (χ1n) is 8.30. The summed E-state index contributed by atoms with van der Waals surface area (Å²) < 4.78 is 43.4. The van der Waals surface area contributed by atoms with Crippen molar-refractivity contribution in [2.45, 2.75) is 58.5 Å². The molecular formula is C17H24F3NO4. The SMILES string of the molecule is Cc1cc(CN2CC[C@@H]3O[C@@H](C)C[C@H]3C2)oc1C.O=C(O)C(F)(F)F. The summed E-state index contributed by atoms with van der Waals surface area (Å²) in [6.45, 7) is 9.59. The lowest BCUT2D eigenvalue weighted by atomic mass is 9.93. The number of hydrogen-bond donors (Lipinski definition) is 1. The second kappa shape index (κ2) is 7.78. The first-order chi connectivity index (χ1) is 11.6. The van der Waals surface area contributed by atoms with Crippen LogP contribution in [0.25, 0.3) is 0 Å². The number of carboxylic acids is 1. The van der Waals surface area contributed by atoms with Gasteiger partial charge in [-0.1, -0.05) is 0 Å². The average molecular weight is 363 g/mol. The number of furan rings is 1. The molecule has 0 radical (unpaired) electrons. The van der Waals surface area contributed by atoms with E-state index in [0.717, 1.165) is 37.1 Å². The highest BCUT2D eigenvalue weighted by Crippen LogP contribution is 2.33. The van der Waals surface area contributed by atoms with Crippen LogP contribution in [0.4, 0.5) is 13.2 Å². The van der Waals surface area contributed by atoms with Crippen LogP contribution in [0.5, 0.6) is 0 Å². The number of rotatable bonds is 2. The van der Waals surface area contributed by atoms with Crippen molar-refractivity contribution in [1.82, 2.24) is 4.90 Å². The Hall–Kier alpha value is -1.54. The van der Waals surface area contributed by atoms with Gasteiger partial charge in [0.15, 0.2) is 0 Å². The van der Waals surface area contributed by atoms with E-state index in [4.69, 9.17) is 19.1 Å². The fourth-order valence-electron chi connectivity index (χ4n) is 3.36. The first kappa shape index (κ1) is 19.8. The Balaban J connectivity index is 0.000000277. The summed E-state index contributed by atoms with van der Waals surface area (Å²) in [5.41, 5.74) is 1.26. The van der Waals surface area contributed by atoms with Crippen LogP contribution in [0.3, 0.4) is 0 Å². The zero-order valence-electron chi connectivity index (χ0n) is 14.6. The molecule has 0 amide bonds. The minimum Gasteiger partial charge on any atom is -0.475 e. The Labute approximate surface area is 144 Å². The molecule has 0 bridgehead atoms. The second-order valence-corrected chi connectivity index (χ2v) is 6.76. The van der Waals surface area contributed by atoms with Gasteiger partial charge in [0.1, 0.15) is 11.5 Å². The van der Waals surface area contributed by atoms with Crippen molar-refractivity contribution in [2.75, 3.05) is 13.1 Å². The normalized spacial score (nSPS) is 26.7. The van der Waals surface area contributed by atoms with Crippen molar-refractivity contribution in [3.8, 4) is 0 Å². The number of halogens is 3. The number of likely N-dealkylation sites (tertiary alicyclic amines) is 1. The van der Waals surface area contributed by atoms with E-state index in [2.05, 4.69) is 24.8 Å². The van der Waals surface area contributed by atoms with Gasteiger partial charge in [-0.3, -0.25) is 4.90 Å². The second-order valence-electron chi connectivity index (χ2n) is 6.76. The summed E-state index contributed by atoms with van der Waals surface area (Å²) in [4.78, 5) is 11.4. The number of carbonyl (C=O) groups is 1. The molecule has 8 heteroatoms. The number of ether oxygens (including phenoxy) is 1. The lowest BCUT2D eigenvalue weighted by Crippen LogP contribution is -2.40. The van der Waals surface area contributed by atoms with E-state index in [1.54, 1.807) is 0 Å². The lowest BCUT2D eigenvalue weighted by molar-refractivity contribution is -0.192. The maximum Gasteiger partial charge on any atom is 0.490 e. The minimum atomic E-state index is -5.08. The van der Waals surface area contributed by atoms with Gasteiger partial charge in [-0.05, 0) is 45.2 Å². The summed E-state index contributed by atoms with van der Waals surface area (Å²) in [5, 5.41) is 7.12. The molecule has 3 heterocycles. The highest BCUT2D eigenvalue weighted by atomic mass is 19.4. The Kier molecular flexibility index (Phi) is 6.16. The minimum absolute atomic E-state index is 0.452. The topological polar surface area (TPSA) is 62.9 Å². The third-order valence-electron chi connectivity index (χ3n) is 4.63. The summed E-state index contributed by atoms with van der Waals surface area (Å²) >= 11 is 0. The Morgan fingerprint density at radius 3 is 2.56 bits per heavy atom. The average Bonchev–Trinajstić information content (AvgIpc) is 3.00. The zero-order chi connectivity index (χ0) is 18.8. The molecule has 2 saturated heterocycles. The van der Waals surface area contributed by atoms with Crippen LogP contribution in [-0.4, -0.2) is 47.4 Å². The van der Waals surface area contributed by atoms with Crippen LogP contribution in [0.1, 0.15) is 36.8 Å². The molecule has 2 aliphatic heterocycles. The molecule has 25 heavy (non-hydrogen) atoms. The zero-order valence-corrected chi connectivity index (χ0v) is 14.6. The number of fused-ring (bicyclic) bond motifs is 1.